The number of aromatic carboxylic acids is 1. The number of hydrogen-bond acceptors (Lipinski definition) is 11. The van der Waals surface area contributed by atoms with Gasteiger partial charge in [0, 0.05) is 67.2 Å². The number of halogens is 5. The number of carbonyl (C=O) groups excluding carboxylic acids is 1. The van der Waals surface area contributed by atoms with Crippen molar-refractivity contribution in [3.63, 3.8) is 0 Å². The van der Waals surface area contributed by atoms with Crippen molar-refractivity contribution in [1.29, 1.82) is 0 Å². The molecule has 5 heterocycles. The second-order valence-corrected chi connectivity index (χ2v) is 15.1. The number of piperidine rings is 2. The van der Waals surface area contributed by atoms with Crippen molar-refractivity contribution in [2.45, 2.75) is 59.8 Å². The van der Waals surface area contributed by atoms with E-state index in [-0.39, 0.29) is 72.4 Å². The number of pyridine rings is 1. The van der Waals surface area contributed by atoms with E-state index in [2.05, 4.69) is 64.5 Å². The molecule has 0 unspecified atom stereocenters. The third-order valence-electron chi connectivity index (χ3n) is 10.2. The number of aromatic nitrogens is 5. The van der Waals surface area contributed by atoms with Gasteiger partial charge in [-0.3, -0.25) is 4.98 Å². The van der Waals surface area contributed by atoms with Gasteiger partial charge in [-0.2, -0.15) is 0 Å². The number of benzene rings is 2. The number of anilines is 2. The molecule has 0 N–H and O–H groups in total. The summed E-state index contributed by atoms with van der Waals surface area (Å²) in [5, 5.41) is 10.8. The molecule has 0 atom stereocenters. The maximum absolute atomic E-state index is 14.6. The molecule has 0 radical (unpaired) electrons. The maximum atomic E-state index is 14.6. The second-order valence-electron chi connectivity index (χ2n) is 14.2. The Balaban J connectivity index is 0.000000265. The Labute approximate surface area is 378 Å². The average Bonchev–Trinajstić information content (AvgIpc) is 3.24. The molecule has 0 amide bonds. The van der Waals surface area contributed by atoms with Gasteiger partial charge in [0.15, 0.2) is 34.8 Å². The summed E-state index contributed by atoms with van der Waals surface area (Å²) in [5.41, 5.74) is 2.56. The van der Waals surface area contributed by atoms with E-state index in [4.69, 9.17) is 9.47 Å². The van der Waals surface area contributed by atoms with Gasteiger partial charge in [0.2, 0.25) is 11.9 Å². The van der Waals surface area contributed by atoms with Gasteiger partial charge >= 0.3 is 29.6 Å². The molecule has 60 heavy (non-hydrogen) atoms. The molecule has 7 rings (SSSR count). The van der Waals surface area contributed by atoms with Crippen molar-refractivity contribution >= 4 is 33.8 Å². The fourth-order valence-electron chi connectivity index (χ4n) is 6.61. The quantitative estimate of drug-likeness (QED) is 0.123. The summed E-state index contributed by atoms with van der Waals surface area (Å²) >= 11 is 3.06. The molecule has 2 aliphatic heterocycles. The number of rotatable bonds is 12. The van der Waals surface area contributed by atoms with Gasteiger partial charge in [-0.25, -0.2) is 37.5 Å². The number of carbonyl (C=O) groups is 1. The van der Waals surface area contributed by atoms with Crippen molar-refractivity contribution in [3.8, 4) is 22.6 Å². The van der Waals surface area contributed by atoms with Crippen LogP contribution in [0.4, 0.5) is 29.5 Å². The van der Waals surface area contributed by atoms with Crippen LogP contribution in [0.25, 0.3) is 11.1 Å². The van der Waals surface area contributed by atoms with Crippen LogP contribution in [-0.2, 0) is 12.8 Å². The van der Waals surface area contributed by atoms with Gasteiger partial charge in [-0.05, 0) is 97.4 Å². The molecule has 11 nitrogen and oxygen atoms in total. The fraction of sp³-hybridized carbons (Fsp3) is 0.395. The van der Waals surface area contributed by atoms with Crippen LogP contribution in [0.3, 0.4) is 0 Å². The van der Waals surface area contributed by atoms with Gasteiger partial charge in [0.25, 0.3) is 0 Å². The molecule has 3 aromatic heterocycles. The third-order valence-corrected chi connectivity index (χ3v) is 10.6. The fourth-order valence-corrected chi connectivity index (χ4v) is 7.01. The van der Waals surface area contributed by atoms with Gasteiger partial charge in [0.05, 0.1) is 24.9 Å². The third kappa shape index (κ3) is 12.8. The average molecular weight is 905 g/mol. The predicted molar refractivity (Wildman–Crippen MR) is 218 cm³/mol. The number of nitrogens with zero attached hydrogens (tertiary/aromatic N) is 7. The molecule has 2 saturated heterocycles. The van der Waals surface area contributed by atoms with E-state index in [1.54, 1.807) is 0 Å². The monoisotopic (exact) mass is 903 g/mol. The Kier molecular flexibility index (Phi) is 18.5. The smallest absolute Gasteiger partial charge is 0.543 e. The zero-order chi connectivity index (χ0) is 41.2. The number of aryl methyl sites for hydroxylation is 2. The van der Waals surface area contributed by atoms with Crippen LogP contribution in [0.2, 0.25) is 0 Å². The molecule has 0 aliphatic carbocycles. The van der Waals surface area contributed by atoms with Crippen LogP contribution >= 0.6 is 15.9 Å². The summed E-state index contributed by atoms with van der Waals surface area (Å²) in [7, 11) is 0. The normalized spacial score (nSPS) is 14.3. The van der Waals surface area contributed by atoms with Gasteiger partial charge in [-0.15, -0.1) is 0 Å². The molecular formula is C43H47BrF4N7NaO4. The zero-order valence-corrected chi connectivity index (χ0v) is 36.7. The van der Waals surface area contributed by atoms with Crippen molar-refractivity contribution in [2.24, 2.45) is 11.8 Å². The van der Waals surface area contributed by atoms with Crippen molar-refractivity contribution in [1.82, 2.24) is 24.9 Å². The molecule has 17 heteroatoms. The largest absolute Gasteiger partial charge is 1.00 e. The first-order chi connectivity index (χ1) is 28.0. The molecule has 0 bridgehead atoms. The first-order valence-electron chi connectivity index (χ1n) is 19.2. The van der Waals surface area contributed by atoms with E-state index in [0.717, 1.165) is 93.9 Å². The number of hydrogen-bond donors (Lipinski definition) is 0. The Bertz CT molecular complexity index is 2100. The van der Waals surface area contributed by atoms with E-state index in [9.17, 15) is 27.5 Å². The van der Waals surface area contributed by atoms with Crippen LogP contribution in [0, 0.1) is 35.1 Å². The van der Waals surface area contributed by atoms with Gasteiger partial charge in [0.1, 0.15) is 0 Å². The van der Waals surface area contributed by atoms with Gasteiger partial charge < -0.3 is 29.2 Å². The minimum Gasteiger partial charge on any atom is -0.543 e. The molecule has 5 aromatic rings. The van der Waals surface area contributed by atoms with E-state index in [1.807, 2.05) is 24.8 Å². The standard InChI is InChI=1S/C24H24F2N4O3.C18H20BrF2N3O.CH4.Na/c1-2-15-11-28-24(29-12-15)30-7-5-16(6-8-30)14-33-22-19(25)9-18(10-20(22)26)17-3-4-21(23(31)32)27-13-17;1-2-12-9-22-18(23-10-12)24-5-3-13(4-6-24)11-25-17-15(20)7-14(19)8-16(17)21;;/h3-4,9-13,16H,2,5-8,14H2,1H3,(H,31,32);7-10,13H,2-6,11H2,1H3;1H4;/q;;;+1/p-1. The van der Waals surface area contributed by atoms with Crippen molar-refractivity contribution < 1.29 is 66.5 Å². The predicted octanol–water partition coefficient (Wildman–Crippen LogP) is 5.05. The molecule has 2 aromatic carbocycles. The van der Waals surface area contributed by atoms with Crippen molar-refractivity contribution in [2.75, 3.05) is 49.2 Å². The van der Waals surface area contributed by atoms with E-state index in [1.165, 1.54) is 30.5 Å². The van der Waals surface area contributed by atoms with E-state index < -0.39 is 35.0 Å². The SMILES string of the molecule is C.CCc1cnc(N2CCC(COc3c(F)cc(-c4ccc(C(=O)[O-])nc4)cc3F)CC2)nc1.CCc1cnc(N2CCC(COc3c(F)cc(Br)cc3F)CC2)nc1.[Na+]. The molecular weight excluding hydrogens is 857 g/mol. The first kappa shape index (κ1) is 48.3. The topological polar surface area (TPSA) is 130 Å². The minimum atomic E-state index is -1.42. The van der Waals surface area contributed by atoms with Crippen LogP contribution in [0.15, 0.2) is 71.9 Å². The molecule has 314 valence electrons. The second kappa shape index (κ2) is 23.0. The number of ether oxygens (including phenoxy) is 2. The summed E-state index contributed by atoms with van der Waals surface area (Å²) in [6.07, 6.45) is 13.8. The van der Waals surface area contributed by atoms with E-state index >= 15 is 0 Å². The Morgan fingerprint density at radius 2 is 1.07 bits per heavy atom. The summed E-state index contributed by atoms with van der Waals surface area (Å²) in [5.74, 6) is -3.31. The van der Waals surface area contributed by atoms with E-state index in [0.29, 0.717) is 22.6 Å². The number of carboxylic acids is 1. The summed E-state index contributed by atoms with van der Waals surface area (Å²) in [6, 6.07) is 7.35. The Morgan fingerprint density at radius 3 is 1.42 bits per heavy atom. The van der Waals surface area contributed by atoms with Crippen LogP contribution in [0.5, 0.6) is 11.5 Å². The Hall–Kier alpha value is -4.38. The molecule has 0 spiro atoms. The number of carboxylic acid groups (broad SMARTS) is 1. The zero-order valence-electron chi connectivity index (χ0n) is 33.1. The van der Waals surface area contributed by atoms with Crippen LogP contribution in [-0.4, -0.2) is 70.3 Å². The first-order valence-corrected chi connectivity index (χ1v) is 20.0. The summed E-state index contributed by atoms with van der Waals surface area (Å²) in [4.78, 5) is 36.4. The van der Waals surface area contributed by atoms with Gasteiger partial charge in [-0.1, -0.05) is 43.3 Å². The summed E-state index contributed by atoms with van der Waals surface area (Å²) in [6.45, 7) is 7.75. The van der Waals surface area contributed by atoms with Crippen LogP contribution in [0.1, 0.15) is 68.6 Å². The molecule has 2 aliphatic rings. The summed E-state index contributed by atoms with van der Waals surface area (Å²) < 4.78 is 68.0. The molecule has 2 fully saturated rings. The maximum Gasteiger partial charge on any atom is 1.00 e. The Morgan fingerprint density at radius 1 is 0.667 bits per heavy atom. The molecule has 0 saturated carbocycles. The van der Waals surface area contributed by atoms with Crippen LogP contribution < -0.4 is 53.9 Å². The van der Waals surface area contributed by atoms with Crippen molar-refractivity contribution in [3.05, 3.63) is 112 Å². The minimum absolute atomic E-state index is 0.